The van der Waals surface area contributed by atoms with Crippen molar-refractivity contribution in [3.63, 3.8) is 0 Å². The van der Waals surface area contributed by atoms with Crippen LogP contribution in [-0.2, 0) is 4.74 Å². The average Bonchev–Trinajstić information content (AvgIpc) is 2.47. The monoisotopic (exact) mass is 327 g/mol. The number of hydrogen-bond donors (Lipinski definition) is 3. The first-order chi connectivity index (χ1) is 11.2. The van der Waals surface area contributed by atoms with Gasteiger partial charge in [0.1, 0.15) is 0 Å². The molecule has 0 atom stereocenters. The van der Waals surface area contributed by atoms with Gasteiger partial charge in [0.2, 0.25) is 0 Å². The normalized spacial score (nSPS) is 19.2. The van der Waals surface area contributed by atoms with E-state index in [-0.39, 0.29) is 0 Å². The van der Waals surface area contributed by atoms with Crippen molar-refractivity contribution in [2.24, 2.45) is 17.1 Å². The highest BCUT2D eigenvalue weighted by molar-refractivity contribution is 5.72. The Balaban J connectivity index is 1.29. The summed E-state index contributed by atoms with van der Waals surface area (Å²) in [5.41, 5.74) is 2.58. The molecule has 0 aromatic carbocycles. The van der Waals surface area contributed by atoms with Crippen molar-refractivity contribution in [1.29, 1.82) is 0 Å². The van der Waals surface area contributed by atoms with E-state index in [1.54, 1.807) is 0 Å². The van der Waals surface area contributed by atoms with Crippen LogP contribution in [0.5, 0.6) is 0 Å². The molecule has 0 aliphatic carbocycles. The zero-order valence-electron chi connectivity index (χ0n) is 14.3. The second kappa shape index (κ2) is 9.42. The van der Waals surface area contributed by atoms with E-state index in [0.29, 0.717) is 12.0 Å². The van der Waals surface area contributed by atoms with E-state index in [0.717, 1.165) is 31.1 Å². The molecular formula is C16H33N5O2. The minimum absolute atomic E-state index is 0.428. The molecule has 2 heterocycles. The lowest BCUT2D eigenvalue weighted by molar-refractivity contribution is -0.188. The zero-order valence-corrected chi connectivity index (χ0v) is 14.3. The third-order valence-electron chi connectivity index (χ3n) is 4.94. The van der Waals surface area contributed by atoms with Gasteiger partial charge in [0.25, 0.3) is 0 Å². The highest BCUT2D eigenvalue weighted by Crippen LogP contribution is 2.37. The lowest BCUT2D eigenvalue weighted by atomic mass is 9.78. The van der Waals surface area contributed by atoms with Crippen LogP contribution in [0.3, 0.4) is 0 Å². The summed E-state index contributed by atoms with van der Waals surface area (Å²) in [6.07, 6.45) is 9.85. The Morgan fingerprint density at radius 3 is 2.13 bits per heavy atom. The highest BCUT2D eigenvalue weighted by Gasteiger charge is 2.48. The number of hydrazine groups is 2. The maximum absolute atomic E-state index is 11.1. The van der Waals surface area contributed by atoms with Crippen LogP contribution in [0.25, 0.3) is 0 Å². The fraction of sp³-hybridized carbons (Fsp3) is 0.938. The van der Waals surface area contributed by atoms with Gasteiger partial charge in [0.15, 0.2) is 0 Å². The van der Waals surface area contributed by atoms with Crippen molar-refractivity contribution in [2.45, 2.75) is 51.4 Å². The molecule has 0 bridgehead atoms. The maximum atomic E-state index is 11.1. The molecule has 2 aliphatic rings. The van der Waals surface area contributed by atoms with Crippen molar-refractivity contribution >= 4 is 6.03 Å². The summed E-state index contributed by atoms with van der Waals surface area (Å²) in [4.78, 5) is 13.6. The Morgan fingerprint density at radius 2 is 1.61 bits per heavy atom. The first-order valence-electron chi connectivity index (χ1n) is 8.98. The van der Waals surface area contributed by atoms with Gasteiger partial charge in [-0.1, -0.05) is 38.5 Å². The molecule has 0 aromatic heterocycles. The van der Waals surface area contributed by atoms with Crippen LogP contribution in [0.1, 0.15) is 51.4 Å². The Hall–Kier alpha value is -0.890. The number of unbranched alkanes of at least 4 members (excludes halogenated alkanes) is 7. The first kappa shape index (κ1) is 18.4. The fourth-order valence-corrected chi connectivity index (χ4v) is 3.50. The van der Waals surface area contributed by atoms with Gasteiger partial charge in [-0.3, -0.25) is 10.4 Å². The molecule has 2 fully saturated rings. The number of urea groups is 1. The lowest BCUT2D eigenvalue weighted by Gasteiger charge is -2.55. The second-order valence-corrected chi connectivity index (χ2v) is 7.17. The minimum atomic E-state index is -0.428. The number of amides is 2. The standard InChI is InChI=1S/C16H33N5O2/c17-19-15(22)21(18)10-8-6-4-2-1-3-5-7-9-20-11-16(12-20)13-23-14-16/h1-14,17-18H2,(H,19,22). The summed E-state index contributed by atoms with van der Waals surface area (Å²) >= 11 is 0. The average molecular weight is 327 g/mol. The molecule has 134 valence electrons. The Bertz CT molecular complexity index is 354. The van der Waals surface area contributed by atoms with Gasteiger partial charge in [0, 0.05) is 25.0 Å². The van der Waals surface area contributed by atoms with E-state index in [2.05, 4.69) is 4.90 Å². The van der Waals surface area contributed by atoms with Gasteiger partial charge in [0.05, 0.1) is 13.2 Å². The third kappa shape index (κ3) is 5.91. The molecule has 1 spiro atoms. The molecule has 7 heteroatoms. The number of rotatable bonds is 11. The van der Waals surface area contributed by atoms with Crippen LogP contribution in [-0.4, -0.2) is 55.3 Å². The summed E-state index contributed by atoms with van der Waals surface area (Å²) < 4.78 is 5.30. The van der Waals surface area contributed by atoms with E-state index in [4.69, 9.17) is 16.4 Å². The summed E-state index contributed by atoms with van der Waals surface area (Å²) in [5.74, 6) is 10.5. The molecule has 7 nitrogen and oxygen atoms in total. The van der Waals surface area contributed by atoms with Gasteiger partial charge < -0.3 is 9.64 Å². The van der Waals surface area contributed by atoms with Crippen LogP contribution in [0.2, 0.25) is 0 Å². The van der Waals surface area contributed by atoms with Crippen LogP contribution in [0.15, 0.2) is 0 Å². The quantitative estimate of drug-likeness (QED) is 0.229. The topological polar surface area (TPSA) is 96.8 Å². The van der Waals surface area contributed by atoms with Crippen LogP contribution in [0, 0.1) is 5.41 Å². The van der Waals surface area contributed by atoms with Crippen LogP contribution < -0.4 is 17.1 Å². The molecular weight excluding hydrogens is 294 g/mol. The van der Waals surface area contributed by atoms with Gasteiger partial charge in [-0.15, -0.1) is 0 Å². The van der Waals surface area contributed by atoms with Gasteiger partial charge in [-0.25, -0.2) is 16.5 Å². The van der Waals surface area contributed by atoms with Crippen molar-refractivity contribution in [1.82, 2.24) is 15.3 Å². The van der Waals surface area contributed by atoms with E-state index in [1.807, 2.05) is 5.43 Å². The fourth-order valence-electron chi connectivity index (χ4n) is 3.50. The molecule has 2 aliphatic heterocycles. The Kier molecular flexibility index (Phi) is 7.55. The maximum Gasteiger partial charge on any atom is 0.345 e. The molecule has 5 N–H and O–H groups in total. The molecule has 0 saturated carbocycles. The zero-order chi connectivity index (χ0) is 16.5. The first-order valence-corrected chi connectivity index (χ1v) is 8.98. The number of carbonyl (C=O) groups is 1. The predicted molar refractivity (Wildman–Crippen MR) is 90.2 cm³/mol. The number of nitrogens with zero attached hydrogens (tertiary/aromatic N) is 2. The number of ether oxygens (including phenoxy) is 1. The summed E-state index contributed by atoms with van der Waals surface area (Å²) in [7, 11) is 0. The largest absolute Gasteiger partial charge is 0.380 e. The van der Waals surface area contributed by atoms with Gasteiger partial charge in [-0.2, -0.15) is 0 Å². The molecule has 2 rings (SSSR count). The molecule has 0 aromatic rings. The number of nitrogens with two attached hydrogens (primary N) is 2. The summed E-state index contributed by atoms with van der Waals surface area (Å²) in [5, 5.41) is 1.13. The van der Waals surface area contributed by atoms with Crippen LogP contribution in [0.4, 0.5) is 4.79 Å². The van der Waals surface area contributed by atoms with E-state index >= 15 is 0 Å². The Labute approximate surface area is 139 Å². The number of likely N-dealkylation sites (tertiary alicyclic amines) is 1. The molecule has 0 radical (unpaired) electrons. The molecule has 2 amide bonds. The van der Waals surface area contributed by atoms with Crippen molar-refractivity contribution in [2.75, 3.05) is 39.4 Å². The van der Waals surface area contributed by atoms with E-state index in [9.17, 15) is 4.79 Å². The highest BCUT2D eigenvalue weighted by atomic mass is 16.5. The van der Waals surface area contributed by atoms with Crippen molar-refractivity contribution in [3.8, 4) is 0 Å². The predicted octanol–water partition coefficient (Wildman–Crippen LogP) is 1.20. The van der Waals surface area contributed by atoms with E-state index < -0.39 is 6.03 Å². The summed E-state index contributed by atoms with van der Waals surface area (Å²) in [6, 6.07) is -0.428. The van der Waals surface area contributed by atoms with E-state index in [1.165, 1.54) is 58.2 Å². The molecule has 23 heavy (non-hydrogen) atoms. The van der Waals surface area contributed by atoms with Gasteiger partial charge >= 0.3 is 6.03 Å². The third-order valence-corrected chi connectivity index (χ3v) is 4.94. The molecule has 0 unspecified atom stereocenters. The summed E-state index contributed by atoms with van der Waals surface area (Å²) in [6.45, 7) is 6.31. The van der Waals surface area contributed by atoms with Crippen molar-refractivity contribution in [3.05, 3.63) is 0 Å². The number of nitrogens with one attached hydrogen (secondary N) is 1. The number of carbonyl (C=O) groups excluding carboxylic acids is 1. The smallest absolute Gasteiger partial charge is 0.345 e. The van der Waals surface area contributed by atoms with Gasteiger partial charge in [-0.05, 0) is 19.4 Å². The van der Waals surface area contributed by atoms with Crippen LogP contribution >= 0.6 is 0 Å². The number of hydrogen-bond acceptors (Lipinski definition) is 5. The Morgan fingerprint density at radius 1 is 1.04 bits per heavy atom. The van der Waals surface area contributed by atoms with Crippen molar-refractivity contribution < 1.29 is 9.53 Å². The second-order valence-electron chi connectivity index (χ2n) is 7.17. The lowest BCUT2D eigenvalue weighted by Crippen LogP contribution is -2.65. The molecule has 2 saturated heterocycles. The minimum Gasteiger partial charge on any atom is -0.380 e. The SMILES string of the molecule is NNC(=O)N(N)CCCCCCCCCCN1CC2(COC2)C1.